The maximum absolute atomic E-state index is 12.2. The molecule has 1 rings (SSSR count). The highest BCUT2D eigenvalue weighted by molar-refractivity contribution is 6.02. The molecular formula is C13H18O3. The second-order valence-corrected chi connectivity index (χ2v) is 3.85. The molecule has 0 aromatic heterocycles. The molecule has 0 heterocycles. The van der Waals surface area contributed by atoms with Crippen molar-refractivity contribution >= 4 is 5.78 Å². The van der Waals surface area contributed by atoms with E-state index in [9.17, 15) is 4.79 Å². The van der Waals surface area contributed by atoms with E-state index in [4.69, 9.17) is 9.47 Å². The fourth-order valence-corrected chi connectivity index (χ4v) is 1.47. The van der Waals surface area contributed by atoms with Crippen molar-refractivity contribution in [2.45, 2.75) is 25.9 Å². The zero-order chi connectivity index (χ0) is 12.2. The van der Waals surface area contributed by atoms with Crippen LogP contribution in [0.25, 0.3) is 0 Å². The quantitative estimate of drug-likeness (QED) is 0.718. The summed E-state index contributed by atoms with van der Waals surface area (Å²) in [6, 6.07) is 7.12. The summed E-state index contributed by atoms with van der Waals surface area (Å²) in [6.07, 6.45) is 0.638. The number of rotatable bonds is 5. The average molecular weight is 222 g/mol. The zero-order valence-corrected chi connectivity index (χ0v) is 10.2. The van der Waals surface area contributed by atoms with Crippen LogP contribution < -0.4 is 4.74 Å². The standard InChI is InChI=1S/C13H18O3/c1-5-13(2,16-4)12(14)10-7-6-8-11(9-10)15-3/h6-9H,5H2,1-4H3. The maximum Gasteiger partial charge on any atom is 0.194 e. The topological polar surface area (TPSA) is 35.5 Å². The van der Waals surface area contributed by atoms with Crippen molar-refractivity contribution in [2.24, 2.45) is 0 Å². The third kappa shape index (κ3) is 2.42. The molecule has 1 unspecified atom stereocenters. The van der Waals surface area contributed by atoms with Crippen LogP contribution >= 0.6 is 0 Å². The van der Waals surface area contributed by atoms with Crippen molar-refractivity contribution in [3.63, 3.8) is 0 Å². The third-order valence-electron chi connectivity index (χ3n) is 2.94. The van der Waals surface area contributed by atoms with Crippen LogP contribution in [-0.4, -0.2) is 25.6 Å². The Labute approximate surface area is 96.4 Å². The maximum atomic E-state index is 12.2. The van der Waals surface area contributed by atoms with E-state index < -0.39 is 5.60 Å². The summed E-state index contributed by atoms with van der Waals surface area (Å²) >= 11 is 0. The molecule has 3 heteroatoms. The van der Waals surface area contributed by atoms with Crippen molar-refractivity contribution < 1.29 is 14.3 Å². The Bertz CT molecular complexity index is 367. The number of hydrogen-bond acceptors (Lipinski definition) is 3. The highest BCUT2D eigenvalue weighted by atomic mass is 16.5. The first-order chi connectivity index (χ1) is 7.57. The molecule has 1 atom stereocenters. The molecule has 0 radical (unpaired) electrons. The first-order valence-corrected chi connectivity index (χ1v) is 5.31. The predicted octanol–water partition coefficient (Wildman–Crippen LogP) is 2.69. The molecule has 0 saturated heterocycles. The van der Waals surface area contributed by atoms with E-state index >= 15 is 0 Å². The van der Waals surface area contributed by atoms with Gasteiger partial charge < -0.3 is 9.47 Å². The highest BCUT2D eigenvalue weighted by Crippen LogP contribution is 2.23. The summed E-state index contributed by atoms with van der Waals surface area (Å²) in [4.78, 5) is 12.2. The minimum atomic E-state index is -0.758. The SMILES string of the molecule is CCC(C)(OC)C(=O)c1cccc(OC)c1. The Morgan fingerprint density at radius 2 is 2.06 bits per heavy atom. The fourth-order valence-electron chi connectivity index (χ4n) is 1.47. The first kappa shape index (κ1) is 12.7. The van der Waals surface area contributed by atoms with Crippen LogP contribution in [-0.2, 0) is 4.74 Å². The van der Waals surface area contributed by atoms with E-state index in [0.29, 0.717) is 17.7 Å². The summed E-state index contributed by atoms with van der Waals surface area (Å²) in [5.74, 6) is 0.664. The second-order valence-electron chi connectivity index (χ2n) is 3.85. The Morgan fingerprint density at radius 1 is 1.38 bits per heavy atom. The molecule has 0 aliphatic rings. The van der Waals surface area contributed by atoms with Gasteiger partial charge in [0.15, 0.2) is 5.78 Å². The first-order valence-electron chi connectivity index (χ1n) is 5.31. The number of Topliss-reactive ketones (excluding diaryl/α,β-unsaturated/α-hetero) is 1. The lowest BCUT2D eigenvalue weighted by molar-refractivity contribution is 0.0106. The van der Waals surface area contributed by atoms with Crippen molar-refractivity contribution in [1.82, 2.24) is 0 Å². The fraction of sp³-hybridized carbons (Fsp3) is 0.462. The number of hydrogen-bond donors (Lipinski definition) is 0. The number of carbonyl (C=O) groups excluding carboxylic acids is 1. The van der Waals surface area contributed by atoms with Crippen molar-refractivity contribution in [1.29, 1.82) is 0 Å². The molecule has 0 aliphatic carbocycles. The Kier molecular flexibility index (Phi) is 4.07. The van der Waals surface area contributed by atoms with Gasteiger partial charge in [-0.3, -0.25) is 4.79 Å². The molecule has 0 N–H and O–H groups in total. The van der Waals surface area contributed by atoms with Gasteiger partial charge in [0.2, 0.25) is 0 Å². The van der Waals surface area contributed by atoms with E-state index in [0.717, 1.165) is 0 Å². The van der Waals surface area contributed by atoms with Crippen LogP contribution in [0.4, 0.5) is 0 Å². The van der Waals surface area contributed by atoms with Crippen LogP contribution in [0.2, 0.25) is 0 Å². The molecule has 0 aliphatic heterocycles. The number of benzene rings is 1. The normalized spacial score (nSPS) is 14.2. The molecule has 3 nitrogen and oxygen atoms in total. The Morgan fingerprint density at radius 3 is 2.56 bits per heavy atom. The summed E-state index contributed by atoms with van der Waals surface area (Å²) < 4.78 is 10.4. The van der Waals surface area contributed by atoms with E-state index in [-0.39, 0.29) is 5.78 Å². The second kappa shape index (κ2) is 5.12. The average Bonchev–Trinajstić information content (AvgIpc) is 2.37. The predicted molar refractivity (Wildman–Crippen MR) is 63.0 cm³/mol. The molecule has 0 saturated carbocycles. The summed E-state index contributed by atoms with van der Waals surface area (Å²) in [5, 5.41) is 0. The zero-order valence-electron chi connectivity index (χ0n) is 10.2. The van der Waals surface area contributed by atoms with E-state index in [2.05, 4.69) is 0 Å². The van der Waals surface area contributed by atoms with Gasteiger partial charge in [0.25, 0.3) is 0 Å². The summed E-state index contributed by atoms with van der Waals surface area (Å²) in [5.41, 5.74) is -0.141. The largest absolute Gasteiger partial charge is 0.497 e. The van der Waals surface area contributed by atoms with Gasteiger partial charge in [0.1, 0.15) is 11.4 Å². The van der Waals surface area contributed by atoms with Gasteiger partial charge in [-0.15, -0.1) is 0 Å². The number of ether oxygens (including phenoxy) is 2. The number of methoxy groups -OCH3 is 2. The minimum absolute atomic E-state index is 0.0172. The molecule has 1 aromatic carbocycles. The highest BCUT2D eigenvalue weighted by Gasteiger charge is 2.31. The van der Waals surface area contributed by atoms with Crippen molar-refractivity contribution in [3.05, 3.63) is 29.8 Å². The molecular weight excluding hydrogens is 204 g/mol. The monoisotopic (exact) mass is 222 g/mol. The lowest BCUT2D eigenvalue weighted by Gasteiger charge is -2.25. The Balaban J connectivity index is 3.04. The van der Waals surface area contributed by atoms with Gasteiger partial charge in [-0.2, -0.15) is 0 Å². The molecule has 0 bridgehead atoms. The van der Waals surface area contributed by atoms with Crippen LogP contribution in [0, 0.1) is 0 Å². The lowest BCUT2D eigenvalue weighted by Crippen LogP contribution is -2.36. The van der Waals surface area contributed by atoms with Crippen LogP contribution in [0.1, 0.15) is 30.6 Å². The van der Waals surface area contributed by atoms with Crippen LogP contribution in [0.5, 0.6) is 5.75 Å². The van der Waals surface area contributed by atoms with Gasteiger partial charge in [0, 0.05) is 12.7 Å². The molecule has 16 heavy (non-hydrogen) atoms. The lowest BCUT2D eigenvalue weighted by atomic mass is 9.92. The van der Waals surface area contributed by atoms with E-state index in [1.54, 1.807) is 39.3 Å². The van der Waals surface area contributed by atoms with Gasteiger partial charge >= 0.3 is 0 Å². The molecule has 0 amide bonds. The van der Waals surface area contributed by atoms with Crippen LogP contribution in [0.15, 0.2) is 24.3 Å². The molecule has 88 valence electrons. The van der Waals surface area contributed by atoms with E-state index in [1.807, 2.05) is 13.0 Å². The number of ketones is 1. The van der Waals surface area contributed by atoms with Crippen molar-refractivity contribution in [3.8, 4) is 5.75 Å². The Hall–Kier alpha value is -1.35. The van der Waals surface area contributed by atoms with Crippen molar-refractivity contribution in [2.75, 3.05) is 14.2 Å². The van der Waals surface area contributed by atoms with Crippen LogP contribution in [0.3, 0.4) is 0 Å². The molecule has 0 fully saturated rings. The van der Waals surface area contributed by atoms with Gasteiger partial charge in [0.05, 0.1) is 7.11 Å². The smallest absolute Gasteiger partial charge is 0.194 e. The molecule has 1 aromatic rings. The number of carbonyl (C=O) groups is 1. The van der Waals surface area contributed by atoms with Gasteiger partial charge in [-0.05, 0) is 25.5 Å². The summed E-state index contributed by atoms with van der Waals surface area (Å²) in [7, 11) is 3.14. The van der Waals surface area contributed by atoms with Gasteiger partial charge in [-0.1, -0.05) is 19.1 Å². The summed E-state index contributed by atoms with van der Waals surface area (Å²) in [6.45, 7) is 3.73. The van der Waals surface area contributed by atoms with E-state index in [1.165, 1.54) is 0 Å². The third-order valence-corrected chi connectivity index (χ3v) is 2.94. The van der Waals surface area contributed by atoms with Gasteiger partial charge in [-0.25, -0.2) is 0 Å². The minimum Gasteiger partial charge on any atom is -0.497 e. The molecule has 0 spiro atoms.